The zero-order valence-electron chi connectivity index (χ0n) is 13.4. The third-order valence-electron chi connectivity index (χ3n) is 3.47. The molecule has 5 nitrogen and oxygen atoms in total. The van der Waals surface area contributed by atoms with Crippen molar-refractivity contribution in [2.24, 2.45) is 0 Å². The number of rotatable bonds is 4. The molecule has 0 aliphatic heterocycles. The molecule has 0 aliphatic carbocycles. The van der Waals surface area contributed by atoms with Crippen LogP contribution in [0, 0.1) is 0 Å². The van der Waals surface area contributed by atoms with Gasteiger partial charge in [0.2, 0.25) is 0 Å². The van der Waals surface area contributed by atoms with Crippen LogP contribution in [0.4, 0.5) is 11.4 Å². The summed E-state index contributed by atoms with van der Waals surface area (Å²) >= 11 is 11.9. The molecule has 0 unspecified atom stereocenters. The second kappa shape index (κ2) is 7.99. The van der Waals surface area contributed by atoms with Gasteiger partial charge >= 0.3 is 0 Å². The zero-order chi connectivity index (χ0) is 18.5. The van der Waals surface area contributed by atoms with Crippen molar-refractivity contribution in [3.63, 3.8) is 0 Å². The minimum absolute atomic E-state index is 0.233. The van der Waals surface area contributed by atoms with E-state index in [4.69, 9.17) is 23.2 Å². The van der Waals surface area contributed by atoms with Gasteiger partial charge in [0.25, 0.3) is 11.8 Å². The molecule has 0 spiro atoms. The number of nitrogens with zero attached hydrogens (tertiary/aromatic N) is 1. The largest absolute Gasteiger partial charge is 0.322 e. The second-order valence-electron chi connectivity index (χ2n) is 5.36. The van der Waals surface area contributed by atoms with Gasteiger partial charge in [0.05, 0.1) is 21.8 Å². The SMILES string of the molecule is O=C(Nc1ccccc1)c1cncc(C(=O)Nc2ccc(Cl)cc2Cl)c1. The lowest BCUT2D eigenvalue weighted by molar-refractivity contribution is 0.102. The van der Waals surface area contributed by atoms with Crippen LogP contribution in [0.1, 0.15) is 20.7 Å². The molecule has 1 aromatic heterocycles. The number of anilines is 2. The molecule has 0 atom stereocenters. The first kappa shape index (κ1) is 17.9. The topological polar surface area (TPSA) is 71.1 Å². The summed E-state index contributed by atoms with van der Waals surface area (Å²) in [5.41, 5.74) is 1.57. The van der Waals surface area contributed by atoms with Crippen LogP contribution in [-0.2, 0) is 0 Å². The second-order valence-corrected chi connectivity index (χ2v) is 6.20. The predicted octanol–water partition coefficient (Wildman–Crippen LogP) is 4.89. The van der Waals surface area contributed by atoms with E-state index < -0.39 is 5.91 Å². The number of halogens is 2. The number of hydrogen-bond donors (Lipinski definition) is 2. The molecule has 2 N–H and O–H groups in total. The number of aromatic nitrogens is 1. The third-order valence-corrected chi connectivity index (χ3v) is 4.02. The van der Waals surface area contributed by atoms with Crippen LogP contribution in [0.15, 0.2) is 67.0 Å². The Balaban J connectivity index is 1.76. The average Bonchev–Trinajstić information content (AvgIpc) is 2.65. The molecule has 26 heavy (non-hydrogen) atoms. The van der Waals surface area contributed by atoms with Gasteiger partial charge in [-0.25, -0.2) is 0 Å². The van der Waals surface area contributed by atoms with Crippen LogP contribution in [0.2, 0.25) is 10.0 Å². The molecule has 3 rings (SSSR count). The fourth-order valence-electron chi connectivity index (χ4n) is 2.20. The number of nitrogens with one attached hydrogen (secondary N) is 2. The van der Waals surface area contributed by atoms with Gasteiger partial charge in [0, 0.05) is 23.1 Å². The first-order chi connectivity index (χ1) is 12.5. The molecule has 0 saturated carbocycles. The highest BCUT2D eigenvalue weighted by atomic mass is 35.5. The summed E-state index contributed by atoms with van der Waals surface area (Å²) in [6.45, 7) is 0. The Morgan fingerprint density at radius 3 is 2.12 bits per heavy atom. The van der Waals surface area contributed by atoms with Gasteiger partial charge in [-0.15, -0.1) is 0 Å². The van der Waals surface area contributed by atoms with Crippen LogP contribution < -0.4 is 10.6 Å². The summed E-state index contributed by atoms with van der Waals surface area (Å²) in [6, 6.07) is 15.2. The summed E-state index contributed by atoms with van der Waals surface area (Å²) < 4.78 is 0. The van der Waals surface area contributed by atoms with Crippen LogP contribution in [-0.4, -0.2) is 16.8 Å². The van der Waals surface area contributed by atoms with Crippen molar-refractivity contribution in [3.05, 3.63) is 88.2 Å². The monoisotopic (exact) mass is 385 g/mol. The maximum atomic E-state index is 12.4. The minimum Gasteiger partial charge on any atom is -0.322 e. The Kier molecular flexibility index (Phi) is 5.51. The van der Waals surface area contributed by atoms with Gasteiger partial charge in [-0.1, -0.05) is 41.4 Å². The number of para-hydroxylation sites is 1. The molecule has 0 aliphatic rings. The van der Waals surface area contributed by atoms with Crippen molar-refractivity contribution >= 4 is 46.4 Å². The predicted molar refractivity (Wildman–Crippen MR) is 103 cm³/mol. The zero-order valence-corrected chi connectivity index (χ0v) is 14.9. The molecular formula is C19H13Cl2N3O2. The van der Waals surface area contributed by atoms with Gasteiger partial charge in [-0.05, 0) is 36.4 Å². The first-order valence-corrected chi connectivity index (χ1v) is 8.36. The molecule has 0 fully saturated rings. The van der Waals surface area contributed by atoms with Crippen LogP contribution in [0.3, 0.4) is 0 Å². The number of carbonyl (C=O) groups excluding carboxylic acids is 2. The summed E-state index contributed by atoms with van der Waals surface area (Å²) in [5, 5.41) is 6.19. The van der Waals surface area contributed by atoms with E-state index in [-0.39, 0.29) is 17.0 Å². The molecule has 3 aromatic rings. The Morgan fingerprint density at radius 2 is 1.46 bits per heavy atom. The molecule has 2 aromatic carbocycles. The summed E-state index contributed by atoms with van der Waals surface area (Å²) in [4.78, 5) is 28.7. The van der Waals surface area contributed by atoms with E-state index in [0.29, 0.717) is 21.4 Å². The van der Waals surface area contributed by atoms with E-state index >= 15 is 0 Å². The summed E-state index contributed by atoms with van der Waals surface area (Å²) in [5.74, 6) is -0.793. The smallest absolute Gasteiger partial charge is 0.257 e. The van der Waals surface area contributed by atoms with Gasteiger partial charge in [-0.3, -0.25) is 14.6 Å². The summed E-state index contributed by atoms with van der Waals surface area (Å²) in [6.07, 6.45) is 2.77. The Bertz CT molecular complexity index is 962. The lowest BCUT2D eigenvalue weighted by atomic mass is 10.1. The fraction of sp³-hybridized carbons (Fsp3) is 0. The third kappa shape index (κ3) is 4.39. The van der Waals surface area contributed by atoms with E-state index in [0.717, 1.165) is 0 Å². The molecule has 2 amide bonds. The highest BCUT2D eigenvalue weighted by Crippen LogP contribution is 2.25. The number of carbonyl (C=O) groups is 2. The maximum absolute atomic E-state index is 12.4. The highest BCUT2D eigenvalue weighted by Gasteiger charge is 2.13. The standard InChI is InChI=1S/C19H13Cl2N3O2/c20-14-6-7-17(16(21)9-14)24-19(26)13-8-12(10-22-11-13)18(25)23-15-4-2-1-3-5-15/h1-11H,(H,23,25)(H,24,26). The fourth-order valence-corrected chi connectivity index (χ4v) is 2.65. The average molecular weight is 386 g/mol. The van der Waals surface area contributed by atoms with E-state index in [1.165, 1.54) is 24.5 Å². The normalized spacial score (nSPS) is 10.2. The molecule has 130 valence electrons. The number of hydrogen-bond acceptors (Lipinski definition) is 3. The van der Waals surface area contributed by atoms with Crippen LogP contribution in [0.5, 0.6) is 0 Å². The Hall–Kier alpha value is -2.89. The number of pyridine rings is 1. The summed E-state index contributed by atoms with van der Waals surface area (Å²) in [7, 11) is 0. The van der Waals surface area contributed by atoms with Gasteiger partial charge in [-0.2, -0.15) is 0 Å². The quantitative estimate of drug-likeness (QED) is 0.671. The molecule has 0 bridgehead atoms. The Labute approximate surface area is 160 Å². The van der Waals surface area contributed by atoms with E-state index in [9.17, 15) is 9.59 Å². The van der Waals surface area contributed by atoms with E-state index in [1.54, 1.807) is 24.3 Å². The first-order valence-electron chi connectivity index (χ1n) is 7.61. The molecular weight excluding hydrogens is 373 g/mol. The van der Waals surface area contributed by atoms with Gasteiger partial charge in [0.15, 0.2) is 0 Å². The van der Waals surface area contributed by atoms with Crippen molar-refractivity contribution in [2.75, 3.05) is 10.6 Å². The lowest BCUT2D eigenvalue weighted by Gasteiger charge is -2.09. The van der Waals surface area contributed by atoms with Crippen LogP contribution in [0.25, 0.3) is 0 Å². The lowest BCUT2D eigenvalue weighted by Crippen LogP contribution is -2.16. The Morgan fingerprint density at radius 1 is 0.808 bits per heavy atom. The van der Waals surface area contributed by atoms with Crippen molar-refractivity contribution in [1.82, 2.24) is 4.98 Å². The van der Waals surface area contributed by atoms with Crippen molar-refractivity contribution < 1.29 is 9.59 Å². The van der Waals surface area contributed by atoms with Crippen molar-refractivity contribution in [3.8, 4) is 0 Å². The number of amides is 2. The minimum atomic E-state index is -0.434. The van der Waals surface area contributed by atoms with E-state index in [1.807, 2.05) is 18.2 Å². The van der Waals surface area contributed by atoms with Crippen molar-refractivity contribution in [1.29, 1.82) is 0 Å². The molecule has 1 heterocycles. The van der Waals surface area contributed by atoms with Crippen molar-refractivity contribution in [2.45, 2.75) is 0 Å². The van der Waals surface area contributed by atoms with Gasteiger partial charge in [0.1, 0.15) is 0 Å². The van der Waals surface area contributed by atoms with E-state index in [2.05, 4.69) is 15.6 Å². The molecule has 0 radical (unpaired) electrons. The number of benzene rings is 2. The molecule has 7 heteroatoms. The maximum Gasteiger partial charge on any atom is 0.257 e. The van der Waals surface area contributed by atoms with Crippen LogP contribution >= 0.6 is 23.2 Å². The van der Waals surface area contributed by atoms with Gasteiger partial charge < -0.3 is 10.6 Å². The highest BCUT2D eigenvalue weighted by molar-refractivity contribution is 6.36. The molecule has 0 saturated heterocycles.